The van der Waals surface area contributed by atoms with E-state index in [2.05, 4.69) is 17.0 Å². The molecule has 0 bridgehead atoms. The molecule has 0 N–H and O–H groups in total. The van der Waals surface area contributed by atoms with E-state index in [1.807, 2.05) is 35.7 Å². The predicted molar refractivity (Wildman–Crippen MR) is 103 cm³/mol. The van der Waals surface area contributed by atoms with Gasteiger partial charge in [0.05, 0.1) is 23.0 Å². The minimum Gasteiger partial charge on any atom is -0.336 e. The van der Waals surface area contributed by atoms with Gasteiger partial charge in [0.1, 0.15) is 5.82 Å². The van der Waals surface area contributed by atoms with Crippen LogP contribution in [-0.4, -0.2) is 38.2 Å². The molecule has 27 heavy (non-hydrogen) atoms. The van der Waals surface area contributed by atoms with Gasteiger partial charge in [-0.3, -0.25) is 9.48 Å². The molecule has 4 rings (SSSR count). The normalized spacial score (nSPS) is 17.2. The number of likely N-dealkylation sites (tertiary alicyclic amines) is 1. The first-order valence-corrected chi connectivity index (χ1v) is 9.40. The first-order valence-electron chi connectivity index (χ1n) is 9.40. The molecule has 1 saturated heterocycles. The number of benzene rings is 1. The molecule has 0 aliphatic carbocycles. The van der Waals surface area contributed by atoms with Crippen LogP contribution in [0, 0.1) is 5.82 Å². The maximum absolute atomic E-state index is 13.8. The Morgan fingerprint density at radius 3 is 2.78 bits per heavy atom. The molecule has 1 aromatic carbocycles. The second kappa shape index (κ2) is 6.76. The van der Waals surface area contributed by atoms with Gasteiger partial charge in [-0.05, 0) is 51.8 Å². The van der Waals surface area contributed by atoms with Crippen molar-refractivity contribution >= 4 is 16.8 Å². The number of halogens is 1. The predicted octanol–water partition coefficient (Wildman–Crippen LogP) is 4.44. The van der Waals surface area contributed by atoms with Crippen LogP contribution < -0.4 is 0 Å². The summed E-state index contributed by atoms with van der Waals surface area (Å²) in [5.41, 5.74) is 2.51. The van der Waals surface area contributed by atoms with Gasteiger partial charge in [-0.15, -0.1) is 0 Å². The first kappa shape index (κ1) is 17.6. The summed E-state index contributed by atoms with van der Waals surface area (Å²) in [4.78, 5) is 19.7. The van der Waals surface area contributed by atoms with Gasteiger partial charge in [-0.2, -0.15) is 5.10 Å². The van der Waals surface area contributed by atoms with E-state index in [-0.39, 0.29) is 23.8 Å². The highest BCUT2D eigenvalue weighted by molar-refractivity contribution is 6.07. The van der Waals surface area contributed by atoms with Crippen LogP contribution in [0.1, 0.15) is 50.0 Å². The van der Waals surface area contributed by atoms with Crippen LogP contribution in [0.3, 0.4) is 0 Å². The number of rotatable bonds is 3. The van der Waals surface area contributed by atoms with Gasteiger partial charge in [-0.25, -0.2) is 9.37 Å². The van der Waals surface area contributed by atoms with Crippen LogP contribution in [0.15, 0.2) is 36.7 Å². The van der Waals surface area contributed by atoms with E-state index in [1.54, 1.807) is 12.3 Å². The molecule has 0 saturated carbocycles. The second-order valence-corrected chi connectivity index (χ2v) is 7.51. The lowest BCUT2D eigenvalue weighted by atomic mass is 10.0. The maximum Gasteiger partial charge on any atom is 0.254 e. The molecule has 1 atom stereocenters. The SMILES string of the molecule is CC(C)n1cc(-c2cc(C(=O)N3CCC[C@@H]3C)c3ccc(F)cc3n2)cn1. The number of nitrogens with zero attached hydrogens (tertiary/aromatic N) is 4. The summed E-state index contributed by atoms with van der Waals surface area (Å²) in [6.45, 7) is 6.92. The third-order valence-corrected chi connectivity index (χ3v) is 5.24. The number of hydrogen-bond acceptors (Lipinski definition) is 3. The number of hydrogen-bond donors (Lipinski definition) is 0. The summed E-state index contributed by atoms with van der Waals surface area (Å²) in [5, 5.41) is 5.04. The second-order valence-electron chi connectivity index (χ2n) is 7.51. The number of carbonyl (C=O) groups excluding carboxylic acids is 1. The quantitative estimate of drug-likeness (QED) is 0.688. The van der Waals surface area contributed by atoms with E-state index in [0.29, 0.717) is 22.2 Å². The highest BCUT2D eigenvalue weighted by atomic mass is 19.1. The summed E-state index contributed by atoms with van der Waals surface area (Å²) in [5.74, 6) is -0.380. The Morgan fingerprint density at radius 2 is 2.11 bits per heavy atom. The smallest absolute Gasteiger partial charge is 0.254 e. The molecule has 1 fully saturated rings. The lowest BCUT2D eigenvalue weighted by molar-refractivity contribution is 0.0749. The van der Waals surface area contributed by atoms with E-state index >= 15 is 0 Å². The molecule has 1 aliphatic heterocycles. The van der Waals surface area contributed by atoms with Crippen LogP contribution in [0.25, 0.3) is 22.2 Å². The average Bonchev–Trinajstić information content (AvgIpc) is 3.29. The molecule has 0 radical (unpaired) electrons. The van der Waals surface area contributed by atoms with Crippen molar-refractivity contribution in [2.45, 2.75) is 45.7 Å². The third-order valence-electron chi connectivity index (χ3n) is 5.24. The van der Waals surface area contributed by atoms with Crippen LogP contribution in [-0.2, 0) is 0 Å². The minimum atomic E-state index is -0.363. The third kappa shape index (κ3) is 3.20. The van der Waals surface area contributed by atoms with Gasteiger partial charge >= 0.3 is 0 Å². The van der Waals surface area contributed by atoms with E-state index in [4.69, 9.17) is 0 Å². The monoisotopic (exact) mass is 366 g/mol. The summed E-state index contributed by atoms with van der Waals surface area (Å²) in [6.07, 6.45) is 5.67. The van der Waals surface area contributed by atoms with Gasteiger partial charge in [0, 0.05) is 41.8 Å². The van der Waals surface area contributed by atoms with E-state index < -0.39 is 0 Å². The molecular weight excluding hydrogens is 343 g/mol. The molecule has 6 heteroatoms. The molecule has 1 amide bonds. The maximum atomic E-state index is 13.8. The Labute approximate surface area is 157 Å². The number of amides is 1. The fraction of sp³-hybridized carbons (Fsp3) is 0.381. The molecule has 0 unspecified atom stereocenters. The molecular formula is C21H23FN4O. The molecule has 1 aliphatic rings. The van der Waals surface area contributed by atoms with Crippen molar-refractivity contribution in [1.82, 2.24) is 19.7 Å². The van der Waals surface area contributed by atoms with Crippen LogP contribution in [0.4, 0.5) is 4.39 Å². The Hall–Kier alpha value is -2.76. The topological polar surface area (TPSA) is 51.0 Å². The van der Waals surface area contributed by atoms with Crippen molar-refractivity contribution < 1.29 is 9.18 Å². The molecule has 3 aromatic rings. The van der Waals surface area contributed by atoms with Gasteiger partial charge in [-0.1, -0.05) is 0 Å². The van der Waals surface area contributed by atoms with E-state index in [1.165, 1.54) is 12.1 Å². The van der Waals surface area contributed by atoms with E-state index in [9.17, 15) is 9.18 Å². The first-order chi connectivity index (χ1) is 12.9. The fourth-order valence-electron chi connectivity index (χ4n) is 3.67. The Bertz CT molecular complexity index is 1010. The molecule has 3 heterocycles. The van der Waals surface area contributed by atoms with Crippen LogP contribution in [0.5, 0.6) is 0 Å². The fourth-order valence-corrected chi connectivity index (χ4v) is 3.67. The number of aromatic nitrogens is 3. The van der Waals surface area contributed by atoms with Gasteiger partial charge in [0.25, 0.3) is 5.91 Å². The minimum absolute atomic E-state index is 0.0171. The van der Waals surface area contributed by atoms with E-state index in [0.717, 1.165) is 24.9 Å². The average molecular weight is 366 g/mol. The molecule has 140 valence electrons. The summed E-state index contributed by atoms with van der Waals surface area (Å²) >= 11 is 0. The zero-order chi connectivity index (χ0) is 19.1. The lowest BCUT2D eigenvalue weighted by Crippen LogP contribution is -2.33. The number of pyridine rings is 1. The van der Waals surface area contributed by atoms with Crippen molar-refractivity contribution in [3.8, 4) is 11.3 Å². The highest BCUT2D eigenvalue weighted by Gasteiger charge is 2.28. The zero-order valence-corrected chi connectivity index (χ0v) is 15.8. The zero-order valence-electron chi connectivity index (χ0n) is 15.8. The summed E-state index contributed by atoms with van der Waals surface area (Å²) < 4.78 is 15.7. The van der Waals surface area contributed by atoms with Crippen molar-refractivity contribution in [2.75, 3.05) is 6.54 Å². The lowest BCUT2D eigenvalue weighted by Gasteiger charge is -2.22. The summed E-state index contributed by atoms with van der Waals surface area (Å²) in [6, 6.07) is 6.67. The molecule has 0 spiro atoms. The Morgan fingerprint density at radius 1 is 1.30 bits per heavy atom. The van der Waals surface area contributed by atoms with Crippen molar-refractivity contribution in [1.29, 1.82) is 0 Å². The largest absolute Gasteiger partial charge is 0.336 e. The number of carbonyl (C=O) groups is 1. The van der Waals surface area contributed by atoms with Gasteiger partial charge in [0.2, 0.25) is 0 Å². The Kier molecular flexibility index (Phi) is 4.42. The van der Waals surface area contributed by atoms with Crippen molar-refractivity contribution in [3.05, 3.63) is 48.0 Å². The number of fused-ring (bicyclic) bond motifs is 1. The standard InChI is InChI=1S/C21H23FN4O/c1-13(2)26-12-15(11-23-26)19-10-18(21(27)25-8-4-5-14(25)3)17-7-6-16(22)9-20(17)24-19/h6-7,9-14H,4-5,8H2,1-3H3/t14-/m0/s1. The van der Waals surface area contributed by atoms with Crippen molar-refractivity contribution in [2.24, 2.45) is 0 Å². The van der Waals surface area contributed by atoms with Crippen molar-refractivity contribution in [3.63, 3.8) is 0 Å². The molecule has 2 aromatic heterocycles. The highest BCUT2D eigenvalue weighted by Crippen LogP contribution is 2.29. The molecule has 5 nitrogen and oxygen atoms in total. The van der Waals surface area contributed by atoms with Crippen LogP contribution >= 0.6 is 0 Å². The Balaban J connectivity index is 1.87. The van der Waals surface area contributed by atoms with Gasteiger partial charge in [0.15, 0.2) is 0 Å². The van der Waals surface area contributed by atoms with Gasteiger partial charge < -0.3 is 4.90 Å². The van der Waals surface area contributed by atoms with Crippen LogP contribution in [0.2, 0.25) is 0 Å². The summed E-state index contributed by atoms with van der Waals surface area (Å²) in [7, 11) is 0.